The van der Waals surface area contributed by atoms with Crippen LogP contribution in [0.3, 0.4) is 0 Å². The largest absolute Gasteiger partial charge is 0.378 e. The van der Waals surface area contributed by atoms with Crippen LogP contribution in [0.4, 0.5) is 0 Å². The summed E-state index contributed by atoms with van der Waals surface area (Å²) in [6.07, 6.45) is 1.67. The second-order valence-electron chi connectivity index (χ2n) is 6.01. The second kappa shape index (κ2) is 9.22. The summed E-state index contributed by atoms with van der Waals surface area (Å²) < 4.78 is 5.31. The van der Waals surface area contributed by atoms with Crippen LogP contribution >= 0.6 is 24.0 Å². The molecule has 2 N–H and O–H groups in total. The Morgan fingerprint density at radius 1 is 1.12 bits per heavy atom. The molecule has 132 valence electrons. The van der Waals surface area contributed by atoms with Crippen molar-refractivity contribution < 1.29 is 9.53 Å². The number of hydrogen-bond donors (Lipinski definition) is 1. The number of benzene rings is 1. The zero-order valence-electron chi connectivity index (χ0n) is 13.8. The minimum absolute atomic E-state index is 0. The van der Waals surface area contributed by atoms with Gasteiger partial charge in [-0.1, -0.05) is 24.3 Å². The molecule has 7 heteroatoms. The number of guanidine groups is 1. The van der Waals surface area contributed by atoms with Gasteiger partial charge >= 0.3 is 0 Å². The SMILES string of the molecule is I.NC(=NCc1ccc(CN2CCCC2=O)cc1)N1CCOCC1. The number of halogens is 1. The Bertz CT molecular complexity index is 570. The molecule has 2 aliphatic rings. The van der Waals surface area contributed by atoms with E-state index in [1.54, 1.807) is 0 Å². The van der Waals surface area contributed by atoms with Gasteiger partial charge in [-0.3, -0.25) is 4.79 Å². The van der Waals surface area contributed by atoms with Crippen molar-refractivity contribution in [2.45, 2.75) is 25.9 Å². The number of amides is 1. The van der Waals surface area contributed by atoms with Gasteiger partial charge in [-0.25, -0.2) is 4.99 Å². The molecule has 3 rings (SSSR count). The lowest BCUT2D eigenvalue weighted by Gasteiger charge is -2.27. The molecule has 0 atom stereocenters. The van der Waals surface area contributed by atoms with Crippen LogP contribution < -0.4 is 5.73 Å². The Balaban J connectivity index is 0.00000208. The third-order valence-electron chi connectivity index (χ3n) is 4.33. The van der Waals surface area contributed by atoms with E-state index in [2.05, 4.69) is 34.2 Å². The van der Waals surface area contributed by atoms with Crippen molar-refractivity contribution in [3.05, 3.63) is 35.4 Å². The van der Waals surface area contributed by atoms with Crippen LogP contribution in [-0.4, -0.2) is 54.5 Å². The van der Waals surface area contributed by atoms with Crippen LogP contribution in [0.15, 0.2) is 29.3 Å². The number of morpholine rings is 1. The molecule has 0 aliphatic carbocycles. The zero-order chi connectivity index (χ0) is 16.1. The zero-order valence-corrected chi connectivity index (χ0v) is 16.1. The Labute approximate surface area is 160 Å². The predicted molar refractivity (Wildman–Crippen MR) is 104 cm³/mol. The number of aliphatic imine (C=N–C) groups is 1. The number of nitrogens with zero attached hydrogens (tertiary/aromatic N) is 3. The molecule has 1 amide bonds. The van der Waals surface area contributed by atoms with Gasteiger partial charge in [0.1, 0.15) is 0 Å². The third kappa shape index (κ3) is 5.07. The number of nitrogens with two attached hydrogens (primary N) is 1. The fraction of sp³-hybridized carbons (Fsp3) is 0.529. The number of likely N-dealkylation sites (tertiary alicyclic amines) is 1. The first-order valence-corrected chi connectivity index (χ1v) is 8.20. The lowest BCUT2D eigenvalue weighted by molar-refractivity contribution is -0.128. The minimum atomic E-state index is 0. The number of ether oxygens (including phenoxy) is 1. The quantitative estimate of drug-likeness (QED) is 0.435. The lowest BCUT2D eigenvalue weighted by atomic mass is 10.1. The molecule has 0 spiro atoms. The molecule has 2 aliphatic heterocycles. The smallest absolute Gasteiger partial charge is 0.222 e. The highest BCUT2D eigenvalue weighted by Crippen LogP contribution is 2.15. The maximum absolute atomic E-state index is 11.7. The molecule has 0 radical (unpaired) electrons. The van der Waals surface area contributed by atoms with Crippen molar-refractivity contribution in [3.8, 4) is 0 Å². The van der Waals surface area contributed by atoms with E-state index < -0.39 is 0 Å². The first-order chi connectivity index (χ1) is 11.2. The number of carbonyl (C=O) groups is 1. The van der Waals surface area contributed by atoms with Crippen molar-refractivity contribution in [1.29, 1.82) is 0 Å². The van der Waals surface area contributed by atoms with Crippen molar-refractivity contribution >= 4 is 35.8 Å². The van der Waals surface area contributed by atoms with Crippen LogP contribution in [0.1, 0.15) is 24.0 Å². The third-order valence-corrected chi connectivity index (χ3v) is 4.33. The average Bonchev–Trinajstić information content (AvgIpc) is 2.99. The maximum atomic E-state index is 11.7. The summed E-state index contributed by atoms with van der Waals surface area (Å²) in [6, 6.07) is 8.26. The molecular formula is C17H25IN4O2. The number of carbonyl (C=O) groups excluding carboxylic acids is 1. The highest BCUT2D eigenvalue weighted by atomic mass is 127. The van der Waals surface area contributed by atoms with Gasteiger partial charge in [-0.2, -0.15) is 0 Å². The van der Waals surface area contributed by atoms with E-state index in [9.17, 15) is 4.79 Å². The van der Waals surface area contributed by atoms with Gasteiger partial charge in [-0.15, -0.1) is 24.0 Å². The minimum Gasteiger partial charge on any atom is -0.378 e. The van der Waals surface area contributed by atoms with Gasteiger partial charge in [-0.05, 0) is 17.5 Å². The van der Waals surface area contributed by atoms with Gasteiger partial charge in [0, 0.05) is 32.6 Å². The molecule has 2 saturated heterocycles. The first kappa shape index (κ1) is 19.0. The van der Waals surface area contributed by atoms with E-state index in [1.165, 1.54) is 0 Å². The predicted octanol–water partition coefficient (Wildman–Crippen LogP) is 1.57. The normalized spacial score (nSPS) is 18.7. The lowest BCUT2D eigenvalue weighted by Crippen LogP contribution is -2.44. The van der Waals surface area contributed by atoms with Gasteiger partial charge in [0.2, 0.25) is 5.91 Å². The Morgan fingerprint density at radius 3 is 2.42 bits per heavy atom. The molecule has 0 saturated carbocycles. The molecule has 2 heterocycles. The van der Waals surface area contributed by atoms with Crippen molar-refractivity contribution in [3.63, 3.8) is 0 Å². The van der Waals surface area contributed by atoms with Crippen LogP contribution in [0, 0.1) is 0 Å². The summed E-state index contributed by atoms with van der Waals surface area (Å²) in [5.41, 5.74) is 8.31. The van der Waals surface area contributed by atoms with Gasteiger partial charge in [0.25, 0.3) is 0 Å². The number of hydrogen-bond acceptors (Lipinski definition) is 3. The first-order valence-electron chi connectivity index (χ1n) is 8.20. The standard InChI is InChI=1S/C17H24N4O2.HI/c18-17(20-8-10-23-11-9-20)19-12-14-3-5-15(6-4-14)13-21-7-1-2-16(21)22;/h3-6H,1-2,7-13H2,(H2,18,19);1H. The molecule has 1 aromatic carbocycles. The van der Waals surface area contributed by atoms with Gasteiger partial charge in [0.05, 0.1) is 19.8 Å². The molecule has 0 bridgehead atoms. The molecule has 6 nitrogen and oxygen atoms in total. The topological polar surface area (TPSA) is 71.2 Å². The molecule has 1 aromatic rings. The van der Waals surface area contributed by atoms with Crippen molar-refractivity contribution in [1.82, 2.24) is 9.80 Å². The van der Waals surface area contributed by atoms with Crippen LogP contribution in [-0.2, 0) is 22.6 Å². The van der Waals surface area contributed by atoms with Crippen LogP contribution in [0.25, 0.3) is 0 Å². The van der Waals surface area contributed by atoms with Crippen LogP contribution in [0.2, 0.25) is 0 Å². The van der Waals surface area contributed by atoms with Gasteiger partial charge < -0.3 is 20.3 Å². The molecule has 0 aromatic heterocycles. The highest BCUT2D eigenvalue weighted by molar-refractivity contribution is 14.0. The van der Waals surface area contributed by atoms with Crippen molar-refractivity contribution in [2.75, 3.05) is 32.8 Å². The monoisotopic (exact) mass is 444 g/mol. The van der Waals surface area contributed by atoms with E-state index in [0.717, 1.165) is 37.2 Å². The van der Waals surface area contributed by atoms with E-state index in [4.69, 9.17) is 10.5 Å². The number of rotatable bonds is 4. The fourth-order valence-electron chi connectivity index (χ4n) is 2.91. The Morgan fingerprint density at radius 2 is 1.79 bits per heavy atom. The average molecular weight is 444 g/mol. The molecular weight excluding hydrogens is 419 g/mol. The van der Waals surface area contributed by atoms with E-state index in [1.807, 2.05) is 4.90 Å². The van der Waals surface area contributed by atoms with E-state index in [0.29, 0.717) is 38.7 Å². The van der Waals surface area contributed by atoms with E-state index >= 15 is 0 Å². The Hall–Kier alpha value is -1.35. The van der Waals surface area contributed by atoms with Crippen molar-refractivity contribution in [2.24, 2.45) is 10.7 Å². The summed E-state index contributed by atoms with van der Waals surface area (Å²) in [5, 5.41) is 0. The summed E-state index contributed by atoms with van der Waals surface area (Å²) in [6.45, 7) is 5.18. The van der Waals surface area contributed by atoms with Gasteiger partial charge in [0.15, 0.2) is 5.96 Å². The summed E-state index contributed by atoms with van der Waals surface area (Å²) >= 11 is 0. The summed E-state index contributed by atoms with van der Waals surface area (Å²) in [5.74, 6) is 0.844. The van der Waals surface area contributed by atoms with Crippen LogP contribution in [0.5, 0.6) is 0 Å². The fourth-order valence-corrected chi connectivity index (χ4v) is 2.91. The maximum Gasteiger partial charge on any atom is 0.222 e. The molecule has 0 unspecified atom stereocenters. The second-order valence-corrected chi connectivity index (χ2v) is 6.01. The van der Waals surface area contributed by atoms with E-state index in [-0.39, 0.29) is 29.9 Å². The molecule has 2 fully saturated rings. The summed E-state index contributed by atoms with van der Waals surface area (Å²) in [4.78, 5) is 20.1. The highest BCUT2D eigenvalue weighted by Gasteiger charge is 2.19. The summed E-state index contributed by atoms with van der Waals surface area (Å²) in [7, 11) is 0. The Kier molecular flexibility index (Phi) is 7.29. The molecule has 24 heavy (non-hydrogen) atoms.